The maximum Gasteiger partial charge on any atom is 0.412 e. The van der Waals surface area contributed by atoms with Gasteiger partial charge in [0, 0.05) is 5.56 Å². The zero-order valence-corrected chi connectivity index (χ0v) is 20.0. The molecule has 0 bridgehead atoms. The van der Waals surface area contributed by atoms with E-state index in [-0.39, 0.29) is 11.1 Å². The van der Waals surface area contributed by atoms with Crippen LogP contribution in [-0.2, 0) is 15.6 Å². The Morgan fingerprint density at radius 2 is 1.86 bits per heavy atom. The number of amides is 1. The number of nitrogens with one attached hydrogen (secondary N) is 1. The van der Waals surface area contributed by atoms with Gasteiger partial charge in [-0.2, -0.15) is 0 Å². The molecule has 0 aromatic heterocycles. The van der Waals surface area contributed by atoms with Crippen molar-refractivity contribution in [1.82, 2.24) is 0 Å². The third-order valence-corrected chi connectivity index (χ3v) is 10.1. The van der Waals surface area contributed by atoms with Crippen LogP contribution in [0.25, 0.3) is 0 Å². The van der Waals surface area contributed by atoms with E-state index in [0.717, 1.165) is 29.8 Å². The van der Waals surface area contributed by atoms with Crippen molar-refractivity contribution in [3.63, 3.8) is 0 Å². The fourth-order valence-electron chi connectivity index (χ4n) is 2.83. The van der Waals surface area contributed by atoms with Crippen LogP contribution >= 0.6 is 0 Å². The summed E-state index contributed by atoms with van der Waals surface area (Å²) in [6.07, 6.45) is 1.48. The Kier molecular flexibility index (Phi) is 6.56. The molecule has 1 aliphatic heterocycles. The van der Waals surface area contributed by atoms with Gasteiger partial charge in [-0.05, 0) is 70.3 Å². The zero-order chi connectivity index (χ0) is 21.3. The molecule has 0 aliphatic carbocycles. The van der Waals surface area contributed by atoms with Crippen LogP contribution in [-0.4, -0.2) is 32.7 Å². The molecule has 28 heavy (non-hydrogen) atoms. The van der Waals surface area contributed by atoms with E-state index in [1.165, 1.54) is 5.56 Å². The number of hydrogen-bond donors (Lipinski definition) is 1. The van der Waals surface area contributed by atoms with Crippen molar-refractivity contribution in [2.75, 3.05) is 11.9 Å². The van der Waals surface area contributed by atoms with Crippen LogP contribution in [0.1, 0.15) is 59.1 Å². The lowest BCUT2D eigenvalue weighted by atomic mass is 9.98. The molecule has 6 heteroatoms. The number of anilines is 1. The monoisotopic (exact) mass is 407 g/mol. The van der Waals surface area contributed by atoms with E-state index in [4.69, 9.17) is 13.9 Å². The predicted octanol–water partition coefficient (Wildman–Crippen LogP) is 6.06. The average molecular weight is 408 g/mol. The minimum absolute atomic E-state index is 0.0390. The van der Waals surface area contributed by atoms with Crippen molar-refractivity contribution in [3.8, 4) is 5.75 Å². The van der Waals surface area contributed by atoms with Gasteiger partial charge in [0.1, 0.15) is 17.5 Å². The summed E-state index contributed by atoms with van der Waals surface area (Å²) in [6, 6.07) is 3.95. The quantitative estimate of drug-likeness (QED) is 0.617. The number of rotatable bonds is 4. The van der Waals surface area contributed by atoms with Gasteiger partial charge in [-0.15, -0.1) is 0 Å². The SMILES string of the molecule is Cc1c(NC(=O)OC(C)(C)C)ccc2c1O[C@H](CO[Si](C)(C)C(C)(C)C)CC2. The first kappa shape index (κ1) is 22.8. The molecule has 0 unspecified atom stereocenters. The number of carbonyl (C=O) groups excluding carboxylic acids is 1. The predicted molar refractivity (Wildman–Crippen MR) is 117 cm³/mol. The molecular formula is C22H37NO4Si. The van der Waals surface area contributed by atoms with Gasteiger partial charge in [-0.3, -0.25) is 5.32 Å². The maximum absolute atomic E-state index is 12.1. The average Bonchev–Trinajstić information content (AvgIpc) is 2.53. The molecule has 1 aliphatic rings. The van der Waals surface area contributed by atoms with E-state index < -0.39 is 20.0 Å². The third kappa shape index (κ3) is 5.74. The summed E-state index contributed by atoms with van der Waals surface area (Å²) in [5, 5.41) is 3.02. The lowest BCUT2D eigenvalue weighted by molar-refractivity contribution is 0.0635. The number of benzene rings is 1. The van der Waals surface area contributed by atoms with Crippen molar-refractivity contribution in [2.45, 2.75) is 91.1 Å². The second kappa shape index (κ2) is 8.07. The minimum Gasteiger partial charge on any atom is -0.487 e. The fourth-order valence-corrected chi connectivity index (χ4v) is 3.87. The first-order chi connectivity index (χ1) is 12.7. The number of ether oxygens (including phenoxy) is 2. The van der Waals surface area contributed by atoms with Crippen LogP contribution in [0.15, 0.2) is 12.1 Å². The normalized spacial score (nSPS) is 17.5. The molecule has 1 N–H and O–H groups in total. The summed E-state index contributed by atoms with van der Waals surface area (Å²) in [5.41, 5.74) is 2.30. The van der Waals surface area contributed by atoms with Crippen LogP contribution in [0.3, 0.4) is 0 Å². The topological polar surface area (TPSA) is 56.8 Å². The Balaban J connectivity index is 2.08. The van der Waals surface area contributed by atoms with E-state index in [9.17, 15) is 4.79 Å². The van der Waals surface area contributed by atoms with Gasteiger partial charge >= 0.3 is 6.09 Å². The van der Waals surface area contributed by atoms with Gasteiger partial charge < -0.3 is 13.9 Å². The second-order valence-corrected chi connectivity index (χ2v) is 15.0. The van der Waals surface area contributed by atoms with Gasteiger partial charge in [0.25, 0.3) is 0 Å². The highest BCUT2D eigenvalue weighted by Crippen LogP contribution is 2.38. The van der Waals surface area contributed by atoms with E-state index in [2.05, 4.69) is 39.2 Å². The van der Waals surface area contributed by atoms with Crippen LogP contribution < -0.4 is 10.1 Å². The molecular weight excluding hydrogens is 370 g/mol. The molecule has 1 atom stereocenters. The van der Waals surface area contributed by atoms with Gasteiger partial charge in [0.05, 0.1) is 12.3 Å². The smallest absolute Gasteiger partial charge is 0.412 e. The summed E-state index contributed by atoms with van der Waals surface area (Å²) in [5.74, 6) is 0.864. The molecule has 0 fully saturated rings. The van der Waals surface area contributed by atoms with Gasteiger partial charge in [-0.1, -0.05) is 26.8 Å². The molecule has 0 radical (unpaired) electrons. The zero-order valence-electron chi connectivity index (χ0n) is 19.0. The Morgan fingerprint density at radius 3 is 2.43 bits per heavy atom. The van der Waals surface area contributed by atoms with E-state index >= 15 is 0 Å². The first-order valence-corrected chi connectivity index (χ1v) is 13.0. The molecule has 0 saturated carbocycles. The van der Waals surface area contributed by atoms with E-state index in [0.29, 0.717) is 6.61 Å². The molecule has 1 heterocycles. The summed E-state index contributed by atoms with van der Waals surface area (Å²) in [4.78, 5) is 12.1. The lowest BCUT2D eigenvalue weighted by Crippen LogP contribution is -2.44. The standard InChI is InChI=1S/C22H37NO4Si/c1-15-18(23-20(24)27-21(2,3)4)13-11-16-10-12-17(26-19(15)16)14-25-28(8,9)22(5,6)7/h11,13,17H,10,12,14H2,1-9H3,(H,23,24)/t17-/m0/s1. The molecule has 2 rings (SSSR count). The highest BCUT2D eigenvalue weighted by Gasteiger charge is 2.38. The van der Waals surface area contributed by atoms with Gasteiger partial charge in [0.15, 0.2) is 8.32 Å². The molecule has 158 valence electrons. The number of carbonyl (C=O) groups is 1. The minimum atomic E-state index is -1.80. The van der Waals surface area contributed by atoms with Crippen molar-refractivity contribution < 1.29 is 18.7 Å². The maximum atomic E-state index is 12.1. The van der Waals surface area contributed by atoms with Crippen LogP contribution in [0.4, 0.5) is 10.5 Å². The van der Waals surface area contributed by atoms with Gasteiger partial charge in [-0.25, -0.2) is 4.79 Å². The van der Waals surface area contributed by atoms with Crippen molar-refractivity contribution in [1.29, 1.82) is 0 Å². The number of fused-ring (bicyclic) bond motifs is 1. The Labute approximate surface area is 171 Å². The molecule has 1 amide bonds. The van der Waals surface area contributed by atoms with Crippen molar-refractivity contribution in [2.24, 2.45) is 0 Å². The largest absolute Gasteiger partial charge is 0.487 e. The summed E-state index contributed by atoms with van der Waals surface area (Å²) < 4.78 is 18.0. The Hall–Kier alpha value is -1.53. The second-order valence-electron chi connectivity index (χ2n) is 10.2. The fraction of sp³-hybridized carbons (Fsp3) is 0.682. The van der Waals surface area contributed by atoms with Crippen LogP contribution in [0.5, 0.6) is 5.75 Å². The Morgan fingerprint density at radius 1 is 1.21 bits per heavy atom. The summed E-state index contributed by atoms with van der Waals surface area (Å²) >= 11 is 0. The summed E-state index contributed by atoms with van der Waals surface area (Å²) in [7, 11) is -1.80. The van der Waals surface area contributed by atoms with Gasteiger partial charge in [0.2, 0.25) is 0 Å². The molecule has 0 saturated heterocycles. The molecule has 1 aromatic carbocycles. The van der Waals surface area contributed by atoms with Crippen molar-refractivity contribution in [3.05, 3.63) is 23.3 Å². The van der Waals surface area contributed by atoms with Crippen LogP contribution in [0.2, 0.25) is 18.1 Å². The molecule has 1 aromatic rings. The lowest BCUT2D eigenvalue weighted by Gasteiger charge is -2.38. The third-order valence-electron chi connectivity index (χ3n) is 5.58. The number of aryl methyl sites for hydroxylation is 1. The molecule has 0 spiro atoms. The highest BCUT2D eigenvalue weighted by atomic mass is 28.4. The van der Waals surface area contributed by atoms with Crippen LogP contribution in [0, 0.1) is 6.92 Å². The highest BCUT2D eigenvalue weighted by molar-refractivity contribution is 6.74. The Bertz CT molecular complexity index is 716. The van der Waals surface area contributed by atoms with E-state index in [1.807, 2.05) is 39.8 Å². The van der Waals surface area contributed by atoms with Crippen molar-refractivity contribution >= 4 is 20.1 Å². The molecule has 5 nitrogen and oxygen atoms in total. The first-order valence-electron chi connectivity index (χ1n) is 10.1. The van der Waals surface area contributed by atoms with E-state index in [1.54, 1.807) is 0 Å². The number of hydrogen-bond acceptors (Lipinski definition) is 4. The summed E-state index contributed by atoms with van der Waals surface area (Å²) in [6.45, 7) is 19.4.